The molecule has 3 atom stereocenters. The highest BCUT2D eigenvalue weighted by molar-refractivity contribution is 6.22. The number of fused-ring (bicyclic) bond motifs is 3. The summed E-state index contributed by atoms with van der Waals surface area (Å²) in [5.74, 6) is -7.06. The highest BCUT2D eigenvalue weighted by atomic mass is 16.3. The minimum Gasteiger partial charge on any atom is -0.508 e. The SMILES string of the molecule is CC(=O)NCc1cc(N(C)C)c2c(c1O)C(O)=C1C(=O)C3(O)C(O)=C(C(N)=O)C(=O)CC3CC1C2. The monoisotopic (exact) mass is 485 g/mol. The van der Waals surface area contributed by atoms with E-state index in [1.807, 2.05) is 0 Å². The lowest BCUT2D eigenvalue weighted by atomic mass is 9.59. The molecular formula is C24H27N3O8. The van der Waals surface area contributed by atoms with Crippen molar-refractivity contribution in [3.63, 3.8) is 0 Å². The first-order valence-corrected chi connectivity index (χ1v) is 11.1. The zero-order valence-electron chi connectivity index (χ0n) is 19.5. The van der Waals surface area contributed by atoms with Crippen LogP contribution >= 0.6 is 0 Å². The average molecular weight is 485 g/mol. The normalized spacial score (nSPS) is 25.6. The van der Waals surface area contributed by atoms with Crippen LogP contribution in [-0.4, -0.2) is 63.5 Å². The van der Waals surface area contributed by atoms with Crippen molar-refractivity contribution in [3.05, 3.63) is 39.7 Å². The largest absolute Gasteiger partial charge is 0.508 e. The molecule has 0 radical (unpaired) electrons. The number of carbonyl (C=O) groups excluding carboxylic acids is 4. The lowest BCUT2D eigenvalue weighted by Crippen LogP contribution is -2.58. The number of rotatable bonds is 4. The lowest BCUT2D eigenvalue weighted by molar-refractivity contribution is -0.147. The van der Waals surface area contributed by atoms with Crippen LogP contribution < -0.4 is 16.0 Å². The molecule has 3 aliphatic rings. The van der Waals surface area contributed by atoms with E-state index in [-0.39, 0.29) is 48.6 Å². The van der Waals surface area contributed by atoms with Crippen molar-refractivity contribution >= 4 is 34.8 Å². The molecule has 2 amide bonds. The molecule has 0 saturated heterocycles. The number of phenolic OH excluding ortho intramolecular Hbond substituents is 1. The van der Waals surface area contributed by atoms with Gasteiger partial charge in [-0.1, -0.05) is 0 Å². The van der Waals surface area contributed by atoms with Crippen LogP contribution in [0.3, 0.4) is 0 Å². The Labute approximate surface area is 200 Å². The molecule has 0 aliphatic heterocycles. The Morgan fingerprint density at radius 2 is 1.86 bits per heavy atom. The molecule has 11 nitrogen and oxygen atoms in total. The van der Waals surface area contributed by atoms with Gasteiger partial charge in [-0.3, -0.25) is 19.2 Å². The number of aliphatic hydroxyl groups is 3. The maximum Gasteiger partial charge on any atom is 0.255 e. The van der Waals surface area contributed by atoms with E-state index in [0.29, 0.717) is 16.8 Å². The number of benzene rings is 1. The maximum atomic E-state index is 13.6. The van der Waals surface area contributed by atoms with E-state index < -0.39 is 52.0 Å². The Kier molecular flexibility index (Phi) is 5.63. The van der Waals surface area contributed by atoms with Crippen molar-refractivity contribution < 1.29 is 39.6 Å². The Balaban J connectivity index is 1.93. The van der Waals surface area contributed by atoms with E-state index in [0.717, 1.165) is 0 Å². The molecule has 3 aliphatic carbocycles. The quantitative estimate of drug-likeness (QED) is 0.322. The third-order valence-electron chi connectivity index (χ3n) is 7.13. The number of Topliss-reactive ketones (excluding diaryl/α,β-unsaturated/α-hetero) is 2. The molecule has 0 aromatic heterocycles. The second-order valence-corrected chi connectivity index (χ2v) is 9.47. The van der Waals surface area contributed by atoms with E-state index in [9.17, 15) is 39.6 Å². The van der Waals surface area contributed by atoms with Gasteiger partial charge in [0.05, 0.1) is 5.56 Å². The molecule has 35 heavy (non-hydrogen) atoms. The van der Waals surface area contributed by atoms with Gasteiger partial charge in [-0.25, -0.2) is 0 Å². The second kappa shape index (κ2) is 8.12. The van der Waals surface area contributed by atoms with E-state index >= 15 is 0 Å². The fraction of sp³-hybridized carbons (Fsp3) is 0.417. The summed E-state index contributed by atoms with van der Waals surface area (Å²) >= 11 is 0. The van der Waals surface area contributed by atoms with Crippen LogP contribution in [0.4, 0.5) is 5.69 Å². The number of phenols is 1. The molecule has 1 aromatic carbocycles. The number of carbonyl (C=O) groups is 4. The predicted molar refractivity (Wildman–Crippen MR) is 123 cm³/mol. The van der Waals surface area contributed by atoms with Crippen molar-refractivity contribution in [3.8, 4) is 5.75 Å². The van der Waals surface area contributed by atoms with Crippen LogP contribution in [0.5, 0.6) is 5.75 Å². The first kappa shape index (κ1) is 24.3. The molecule has 1 aromatic rings. The first-order valence-electron chi connectivity index (χ1n) is 11.1. The number of hydrogen-bond donors (Lipinski definition) is 6. The number of hydrogen-bond acceptors (Lipinski definition) is 9. The van der Waals surface area contributed by atoms with Gasteiger partial charge >= 0.3 is 0 Å². The number of amides is 2. The third kappa shape index (κ3) is 3.45. The van der Waals surface area contributed by atoms with Crippen LogP contribution in [-0.2, 0) is 32.1 Å². The maximum absolute atomic E-state index is 13.6. The van der Waals surface area contributed by atoms with Crippen LogP contribution in [0.2, 0.25) is 0 Å². The second-order valence-electron chi connectivity index (χ2n) is 9.47. The number of nitrogens with one attached hydrogen (secondary N) is 1. The molecule has 0 bridgehead atoms. The molecule has 186 valence electrons. The molecule has 0 heterocycles. The van der Waals surface area contributed by atoms with Gasteiger partial charge in [0, 0.05) is 56.7 Å². The van der Waals surface area contributed by atoms with Crippen molar-refractivity contribution in [1.82, 2.24) is 5.32 Å². The third-order valence-corrected chi connectivity index (χ3v) is 7.13. The predicted octanol–water partition coefficient (Wildman–Crippen LogP) is 0.126. The van der Waals surface area contributed by atoms with E-state index in [1.54, 1.807) is 25.1 Å². The van der Waals surface area contributed by atoms with Gasteiger partial charge in [-0.2, -0.15) is 0 Å². The number of nitrogens with two attached hydrogens (primary N) is 1. The summed E-state index contributed by atoms with van der Waals surface area (Å²) in [5, 5.41) is 46.8. The summed E-state index contributed by atoms with van der Waals surface area (Å²) in [6.07, 6.45) is -0.108. The smallest absolute Gasteiger partial charge is 0.255 e. The Hall–Kier alpha value is -3.86. The fourth-order valence-corrected chi connectivity index (χ4v) is 5.48. The molecule has 7 N–H and O–H groups in total. The Bertz CT molecular complexity index is 1260. The highest BCUT2D eigenvalue weighted by Crippen LogP contribution is 2.53. The van der Waals surface area contributed by atoms with Gasteiger partial charge in [0.15, 0.2) is 11.4 Å². The fourth-order valence-electron chi connectivity index (χ4n) is 5.48. The zero-order chi connectivity index (χ0) is 26.0. The summed E-state index contributed by atoms with van der Waals surface area (Å²) in [4.78, 5) is 50.9. The number of nitrogens with zero attached hydrogens (tertiary/aromatic N) is 1. The number of aromatic hydroxyl groups is 1. The van der Waals surface area contributed by atoms with Gasteiger partial charge in [0.2, 0.25) is 11.7 Å². The number of ketones is 2. The van der Waals surface area contributed by atoms with Crippen LogP contribution in [0.15, 0.2) is 23.0 Å². The Morgan fingerprint density at radius 3 is 2.43 bits per heavy atom. The van der Waals surface area contributed by atoms with E-state index in [1.165, 1.54) is 6.92 Å². The van der Waals surface area contributed by atoms with Gasteiger partial charge in [-0.15, -0.1) is 0 Å². The molecule has 3 unspecified atom stereocenters. The molecule has 1 fully saturated rings. The summed E-state index contributed by atoms with van der Waals surface area (Å²) in [6, 6.07) is 1.68. The van der Waals surface area contributed by atoms with E-state index in [2.05, 4.69) is 5.32 Å². The number of primary amides is 1. The molecular weight excluding hydrogens is 458 g/mol. The van der Waals surface area contributed by atoms with Crippen molar-refractivity contribution in [2.75, 3.05) is 19.0 Å². The van der Waals surface area contributed by atoms with Gasteiger partial charge in [0.25, 0.3) is 5.91 Å². The summed E-state index contributed by atoms with van der Waals surface area (Å²) in [5.41, 5.74) is 3.05. The highest BCUT2D eigenvalue weighted by Gasteiger charge is 2.60. The topological polar surface area (TPSA) is 190 Å². The van der Waals surface area contributed by atoms with Gasteiger partial charge < -0.3 is 36.4 Å². The first-order chi connectivity index (χ1) is 16.3. The molecule has 11 heteroatoms. The molecule has 0 spiro atoms. The van der Waals surface area contributed by atoms with Crippen molar-refractivity contribution in [1.29, 1.82) is 0 Å². The summed E-state index contributed by atoms with van der Waals surface area (Å²) in [7, 11) is 3.54. The van der Waals surface area contributed by atoms with Crippen LogP contribution in [0, 0.1) is 11.8 Å². The summed E-state index contributed by atoms with van der Waals surface area (Å²) in [6.45, 7) is 1.29. The van der Waals surface area contributed by atoms with Crippen LogP contribution in [0.1, 0.15) is 36.5 Å². The minimum atomic E-state index is -2.61. The Morgan fingerprint density at radius 1 is 1.20 bits per heavy atom. The van der Waals surface area contributed by atoms with Gasteiger partial charge in [0.1, 0.15) is 22.8 Å². The number of anilines is 1. The minimum absolute atomic E-state index is 0.0105. The summed E-state index contributed by atoms with van der Waals surface area (Å²) < 4.78 is 0. The number of aliphatic hydroxyl groups excluding tert-OH is 2. The standard InChI is InChI=1S/C24H27N3O8/c1-9(28)26-8-11-6-14(27(2)3)13-5-10-4-12-7-15(29)18(23(25)34)22(33)24(12,35)21(32)16(10)20(31)17(13)19(11)30/h6,10,12,30-31,33,35H,4-5,7-8H2,1-3H3,(H2,25,34)(H,26,28). The van der Waals surface area contributed by atoms with E-state index in [4.69, 9.17) is 5.73 Å². The lowest BCUT2D eigenvalue weighted by Gasteiger charge is -2.46. The van der Waals surface area contributed by atoms with Crippen LogP contribution in [0.25, 0.3) is 5.76 Å². The zero-order valence-corrected chi connectivity index (χ0v) is 19.5. The van der Waals surface area contributed by atoms with Crippen molar-refractivity contribution in [2.45, 2.75) is 38.3 Å². The average Bonchev–Trinajstić information content (AvgIpc) is 2.75. The molecule has 4 rings (SSSR count). The van der Waals surface area contributed by atoms with Gasteiger partial charge in [-0.05, 0) is 30.4 Å². The van der Waals surface area contributed by atoms with Crippen molar-refractivity contribution in [2.24, 2.45) is 17.6 Å². The molecule has 1 saturated carbocycles.